The van der Waals surface area contributed by atoms with E-state index in [1.165, 1.54) is 0 Å². The van der Waals surface area contributed by atoms with Gasteiger partial charge in [-0.05, 0) is 28.9 Å². The Hall–Kier alpha value is -1.08. The summed E-state index contributed by atoms with van der Waals surface area (Å²) in [6, 6.07) is 3.76. The van der Waals surface area contributed by atoms with E-state index in [4.69, 9.17) is 5.26 Å². The lowest BCUT2D eigenvalue weighted by Gasteiger charge is -2.03. The maximum Gasteiger partial charge on any atom is 0.140 e. The summed E-state index contributed by atoms with van der Waals surface area (Å²) in [5.41, 5.74) is 0.559. The van der Waals surface area contributed by atoms with Gasteiger partial charge in [0.05, 0.1) is 10.0 Å². The van der Waals surface area contributed by atoms with E-state index in [1.54, 1.807) is 12.3 Å². The minimum Gasteiger partial charge on any atom is -0.369 e. The Morgan fingerprint density at radius 2 is 2.50 bits per heavy atom. The minimum atomic E-state index is 0.559. The lowest BCUT2D eigenvalue weighted by molar-refractivity contribution is 1.15. The van der Waals surface area contributed by atoms with Crippen LogP contribution in [0.1, 0.15) is 12.5 Å². The second kappa shape index (κ2) is 4.07. The van der Waals surface area contributed by atoms with Crippen molar-refractivity contribution in [2.24, 2.45) is 0 Å². The number of pyridine rings is 1. The highest BCUT2D eigenvalue weighted by atomic mass is 79.9. The number of nitriles is 1. The Morgan fingerprint density at radius 1 is 1.75 bits per heavy atom. The molecule has 0 aliphatic heterocycles. The maximum absolute atomic E-state index is 8.55. The molecule has 0 saturated heterocycles. The quantitative estimate of drug-likeness (QED) is 0.840. The lowest BCUT2D eigenvalue weighted by atomic mass is 10.3. The van der Waals surface area contributed by atoms with E-state index in [1.807, 2.05) is 13.0 Å². The standard InChI is InChI=1S/C8H8BrN3/c1-2-11-8-7(9)3-6(4-10)5-12-8/h3,5H,2H2,1H3,(H,11,12). The molecule has 0 aliphatic carbocycles. The molecule has 1 aromatic rings. The normalized spacial score (nSPS) is 9.08. The van der Waals surface area contributed by atoms with Crippen molar-refractivity contribution in [3.8, 4) is 6.07 Å². The van der Waals surface area contributed by atoms with Crippen molar-refractivity contribution in [3.05, 3.63) is 22.3 Å². The zero-order chi connectivity index (χ0) is 8.97. The first-order valence-electron chi connectivity index (χ1n) is 3.57. The van der Waals surface area contributed by atoms with Crippen molar-refractivity contribution in [2.45, 2.75) is 6.92 Å². The molecule has 0 fully saturated rings. The molecule has 1 aromatic heterocycles. The Labute approximate surface area is 79.6 Å². The molecule has 12 heavy (non-hydrogen) atoms. The number of nitrogens with one attached hydrogen (secondary N) is 1. The first-order valence-corrected chi connectivity index (χ1v) is 4.36. The van der Waals surface area contributed by atoms with E-state index in [0.717, 1.165) is 16.8 Å². The van der Waals surface area contributed by atoms with Crippen LogP contribution in [0.2, 0.25) is 0 Å². The van der Waals surface area contributed by atoms with E-state index >= 15 is 0 Å². The highest BCUT2D eigenvalue weighted by Crippen LogP contribution is 2.19. The summed E-state index contributed by atoms with van der Waals surface area (Å²) < 4.78 is 0.823. The Morgan fingerprint density at radius 3 is 3.00 bits per heavy atom. The molecule has 0 spiro atoms. The number of halogens is 1. The number of nitrogens with zero attached hydrogens (tertiary/aromatic N) is 2. The number of rotatable bonds is 2. The predicted molar refractivity (Wildman–Crippen MR) is 50.8 cm³/mol. The van der Waals surface area contributed by atoms with Gasteiger partial charge in [0.25, 0.3) is 0 Å². The molecule has 0 amide bonds. The van der Waals surface area contributed by atoms with Crippen LogP contribution in [-0.4, -0.2) is 11.5 Å². The second-order valence-corrected chi connectivity index (χ2v) is 3.05. The van der Waals surface area contributed by atoms with E-state index in [-0.39, 0.29) is 0 Å². The van der Waals surface area contributed by atoms with Gasteiger partial charge in [-0.15, -0.1) is 0 Å². The Bertz CT molecular complexity index is 317. The van der Waals surface area contributed by atoms with Crippen molar-refractivity contribution in [1.82, 2.24) is 4.98 Å². The van der Waals surface area contributed by atoms with Gasteiger partial charge in [-0.1, -0.05) is 0 Å². The van der Waals surface area contributed by atoms with Crippen LogP contribution in [0.15, 0.2) is 16.7 Å². The summed E-state index contributed by atoms with van der Waals surface area (Å²) in [5, 5.41) is 11.6. The number of anilines is 1. The van der Waals surface area contributed by atoms with Crippen molar-refractivity contribution < 1.29 is 0 Å². The molecule has 0 aliphatic rings. The molecule has 0 radical (unpaired) electrons. The molecular formula is C8H8BrN3. The van der Waals surface area contributed by atoms with Crippen LogP contribution in [-0.2, 0) is 0 Å². The van der Waals surface area contributed by atoms with E-state index in [9.17, 15) is 0 Å². The fourth-order valence-electron chi connectivity index (χ4n) is 0.797. The Kier molecular flexibility index (Phi) is 3.06. The first-order chi connectivity index (χ1) is 5.77. The monoisotopic (exact) mass is 225 g/mol. The molecule has 0 unspecified atom stereocenters. The smallest absolute Gasteiger partial charge is 0.140 e. The summed E-state index contributed by atoms with van der Waals surface area (Å²) in [4.78, 5) is 4.06. The third-order valence-corrected chi connectivity index (χ3v) is 1.92. The SMILES string of the molecule is CCNc1ncc(C#N)cc1Br. The molecule has 4 heteroatoms. The van der Waals surface area contributed by atoms with Crippen LogP contribution in [0.5, 0.6) is 0 Å². The van der Waals surface area contributed by atoms with Gasteiger partial charge in [0, 0.05) is 12.7 Å². The molecule has 62 valence electrons. The van der Waals surface area contributed by atoms with Crippen LogP contribution in [0.25, 0.3) is 0 Å². The lowest BCUT2D eigenvalue weighted by Crippen LogP contribution is -1.99. The zero-order valence-corrected chi connectivity index (χ0v) is 8.22. The summed E-state index contributed by atoms with van der Waals surface area (Å²) in [5.74, 6) is 0.775. The Balaban J connectivity index is 2.97. The van der Waals surface area contributed by atoms with E-state index in [0.29, 0.717) is 5.56 Å². The molecule has 1 rings (SSSR count). The van der Waals surface area contributed by atoms with Gasteiger partial charge in [0.2, 0.25) is 0 Å². The van der Waals surface area contributed by atoms with Gasteiger partial charge in [-0.25, -0.2) is 4.98 Å². The van der Waals surface area contributed by atoms with Gasteiger partial charge < -0.3 is 5.32 Å². The van der Waals surface area contributed by atoms with E-state index < -0.39 is 0 Å². The third kappa shape index (κ3) is 1.95. The van der Waals surface area contributed by atoms with Crippen molar-refractivity contribution in [2.75, 3.05) is 11.9 Å². The average Bonchev–Trinajstić information content (AvgIpc) is 2.09. The highest BCUT2D eigenvalue weighted by Gasteiger charge is 2.00. The summed E-state index contributed by atoms with van der Waals surface area (Å²) in [7, 11) is 0. The predicted octanol–water partition coefficient (Wildman–Crippen LogP) is 2.15. The highest BCUT2D eigenvalue weighted by molar-refractivity contribution is 9.10. The molecule has 1 N–H and O–H groups in total. The second-order valence-electron chi connectivity index (χ2n) is 2.20. The van der Waals surface area contributed by atoms with Crippen molar-refractivity contribution in [1.29, 1.82) is 5.26 Å². The number of hydrogen-bond acceptors (Lipinski definition) is 3. The van der Waals surface area contributed by atoms with Crippen molar-refractivity contribution in [3.63, 3.8) is 0 Å². The van der Waals surface area contributed by atoms with Gasteiger partial charge in [-0.3, -0.25) is 0 Å². The first kappa shape index (κ1) is 9.01. The summed E-state index contributed by atoms with van der Waals surface area (Å²) in [6.07, 6.45) is 1.54. The number of hydrogen-bond donors (Lipinski definition) is 1. The molecule has 3 nitrogen and oxygen atoms in total. The van der Waals surface area contributed by atoms with Crippen LogP contribution < -0.4 is 5.32 Å². The average molecular weight is 226 g/mol. The topological polar surface area (TPSA) is 48.7 Å². The van der Waals surface area contributed by atoms with E-state index in [2.05, 4.69) is 26.2 Å². The van der Waals surface area contributed by atoms with Gasteiger partial charge >= 0.3 is 0 Å². The molecular weight excluding hydrogens is 218 g/mol. The van der Waals surface area contributed by atoms with Gasteiger partial charge in [0.15, 0.2) is 0 Å². The fourth-order valence-corrected chi connectivity index (χ4v) is 1.29. The van der Waals surface area contributed by atoms with Gasteiger partial charge in [-0.2, -0.15) is 5.26 Å². The molecule has 0 bridgehead atoms. The molecule has 0 aromatic carbocycles. The maximum atomic E-state index is 8.55. The minimum absolute atomic E-state index is 0.559. The zero-order valence-electron chi connectivity index (χ0n) is 6.63. The third-order valence-electron chi connectivity index (χ3n) is 1.31. The van der Waals surface area contributed by atoms with Crippen LogP contribution in [0, 0.1) is 11.3 Å². The molecule has 1 heterocycles. The van der Waals surface area contributed by atoms with Crippen LogP contribution >= 0.6 is 15.9 Å². The van der Waals surface area contributed by atoms with Gasteiger partial charge in [0.1, 0.15) is 11.9 Å². The number of aromatic nitrogens is 1. The van der Waals surface area contributed by atoms with Crippen LogP contribution in [0.4, 0.5) is 5.82 Å². The summed E-state index contributed by atoms with van der Waals surface area (Å²) >= 11 is 3.31. The molecule has 0 atom stereocenters. The van der Waals surface area contributed by atoms with Crippen molar-refractivity contribution >= 4 is 21.7 Å². The fraction of sp³-hybridized carbons (Fsp3) is 0.250. The molecule has 0 saturated carbocycles. The van der Waals surface area contributed by atoms with Crippen LogP contribution in [0.3, 0.4) is 0 Å². The summed E-state index contributed by atoms with van der Waals surface area (Å²) in [6.45, 7) is 2.81. The largest absolute Gasteiger partial charge is 0.369 e.